The maximum Gasteiger partial charge on any atom is 0.433 e. The van der Waals surface area contributed by atoms with Gasteiger partial charge >= 0.3 is 5.88 Å². The summed E-state index contributed by atoms with van der Waals surface area (Å²) in [7, 11) is 0. The maximum absolute atomic E-state index is 11.7. The minimum absolute atomic E-state index is 0.135. The Labute approximate surface area is 134 Å². The molecule has 2 aromatic rings. The average molecular weight is 336 g/mol. The predicted octanol–water partition coefficient (Wildman–Crippen LogP) is 2.32. The Balaban J connectivity index is 1.86. The smallest absolute Gasteiger partial charge is 0.401 e. The van der Waals surface area contributed by atoms with E-state index in [0.717, 1.165) is 6.08 Å². The molecule has 23 heavy (non-hydrogen) atoms. The molecule has 1 heterocycles. The van der Waals surface area contributed by atoms with E-state index in [0.29, 0.717) is 10.6 Å². The zero-order chi connectivity index (χ0) is 16.8. The van der Waals surface area contributed by atoms with Crippen molar-refractivity contribution in [2.24, 2.45) is 0 Å². The summed E-state index contributed by atoms with van der Waals surface area (Å²) in [6.45, 7) is 0. The zero-order valence-electron chi connectivity index (χ0n) is 11.5. The van der Waals surface area contributed by atoms with Crippen molar-refractivity contribution in [1.82, 2.24) is 10.9 Å². The maximum atomic E-state index is 11.7. The lowest BCUT2D eigenvalue weighted by Gasteiger charge is -2.05. The van der Waals surface area contributed by atoms with E-state index < -0.39 is 22.6 Å². The van der Waals surface area contributed by atoms with Crippen LogP contribution in [0.1, 0.15) is 16.1 Å². The molecule has 0 saturated carbocycles. The number of nitrogens with zero attached hydrogens (tertiary/aromatic N) is 1. The molecule has 0 atom stereocenters. The number of amides is 2. The zero-order valence-corrected chi connectivity index (χ0v) is 12.2. The molecule has 0 aliphatic carbocycles. The van der Waals surface area contributed by atoms with Crippen LogP contribution in [0, 0.1) is 10.1 Å². The van der Waals surface area contributed by atoms with Crippen LogP contribution in [-0.4, -0.2) is 16.7 Å². The van der Waals surface area contributed by atoms with Crippen molar-refractivity contribution in [3.63, 3.8) is 0 Å². The fourth-order valence-corrected chi connectivity index (χ4v) is 1.65. The van der Waals surface area contributed by atoms with E-state index >= 15 is 0 Å². The molecule has 0 saturated heterocycles. The summed E-state index contributed by atoms with van der Waals surface area (Å²) in [6.07, 6.45) is 2.29. The molecule has 2 N–H and O–H groups in total. The van der Waals surface area contributed by atoms with Gasteiger partial charge in [-0.05, 0) is 36.4 Å². The van der Waals surface area contributed by atoms with Crippen LogP contribution in [0.2, 0.25) is 5.02 Å². The average Bonchev–Trinajstić information content (AvgIpc) is 3.00. The Hall–Kier alpha value is -3.13. The van der Waals surface area contributed by atoms with Crippen LogP contribution < -0.4 is 10.9 Å². The van der Waals surface area contributed by atoms with Crippen molar-refractivity contribution in [1.29, 1.82) is 0 Å². The number of halogens is 1. The Morgan fingerprint density at radius 3 is 2.43 bits per heavy atom. The van der Waals surface area contributed by atoms with Gasteiger partial charge < -0.3 is 4.42 Å². The fraction of sp³-hybridized carbons (Fsp3) is 0. The second-order valence-corrected chi connectivity index (χ2v) is 4.65. The third-order valence-corrected chi connectivity index (χ3v) is 2.85. The lowest BCUT2D eigenvalue weighted by molar-refractivity contribution is -0.402. The van der Waals surface area contributed by atoms with Crippen LogP contribution >= 0.6 is 11.6 Å². The standard InChI is InChI=1S/C14H10ClN3O5/c15-10-3-1-9(2-4-10)14(20)17-16-12(19)7-5-11-6-8-13(23-11)18(21)22/h1-8H,(H,16,19)(H,17,20)/b7-5+. The predicted molar refractivity (Wildman–Crippen MR) is 81.5 cm³/mol. The minimum atomic E-state index is -0.691. The molecular formula is C14H10ClN3O5. The van der Waals surface area contributed by atoms with Crippen LogP contribution in [0.15, 0.2) is 46.9 Å². The second kappa shape index (κ2) is 7.23. The van der Waals surface area contributed by atoms with Crippen molar-refractivity contribution in [3.05, 3.63) is 68.9 Å². The topological polar surface area (TPSA) is 114 Å². The van der Waals surface area contributed by atoms with Crippen LogP contribution in [0.4, 0.5) is 5.88 Å². The third-order valence-electron chi connectivity index (χ3n) is 2.60. The van der Waals surface area contributed by atoms with Gasteiger partial charge in [-0.3, -0.25) is 30.6 Å². The van der Waals surface area contributed by atoms with Crippen molar-refractivity contribution in [2.75, 3.05) is 0 Å². The van der Waals surface area contributed by atoms with Gasteiger partial charge in [0.15, 0.2) is 0 Å². The van der Waals surface area contributed by atoms with E-state index in [1.54, 1.807) is 12.1 Å². The third kappa shape index (κ3) is 4.68. The number of nitro groups is 1. The number of hydrogen-bond acceptors (Lipinski definition) is 5. The SMILES string of the molecule is O=C(/C=C/c1ccc([N+](=O)[O-])o1)NNC(=O)c1ccc(Cl)cc1. The Morgan fingerprint density at radius 2 is 1.83 bits per heavy atom. The number of hydrogen-bond donors (Lipinski definition) is 2. The number of carbonyl (C=O) groups is 2. The summed E-state index contributed by atoms with van der Waals surface area (Å²) >= 11 is 5.70. The van der Waals surface area contributed by atoms with E-state index in [1.165, 1.54) is 30.3 Å². The highest BCUT2D eigenvalue weighted by Gasteiger charge is 2.10. The fourth-order valence-electron chi connectivity index (χ4n) is 1.52. The van der Waals surface area contributed by atoms with Crippen LogP contribution in [-0.2, 0) is 4.79 Å². The molecular weight excluding hydrogens is 326 g/mol. The van der Waals surface area contributed by atoms with E-state index in [1.807, 2.05) is 0 Å². The Morgan fingerprint density at radius 1 is 1.13 bits per heavy atom. The molecule has 0 aliphatic heterocycles. The van der Waals surface area contributed by atoms with Crippen LogP contribution in [0.3, 0.4) is 0 Å². The van der Waals surface area contributed by atoms with Crippen LogP contribution in [0.5, 0.6) is 0 Å². The first-order valence-electron chi connectivity index (χ1n) is 6.24. The molecule has 9 heteroatoms. The first-order valence-corrected chi connectivity index (χ1v) is 6.61. The molecule has 1 aromatic heterocycles. The minimum Gasteiger partial charge on any atom is -0.401 e. The van der Waals surface area contributed by atoms with Gasteiger partial charge in [-0.25, -0.2) is 0 Å². The number of rotatable bonds is 4. The molecule has 8 nitrogen and oxygen atoms in total. The van der Waals surface area contributed by atoms with Crippen LogP contribution in [0.25, 0.3) is 6.08 Å². The molecule has 0 unspecified atom stereocenters. The molecule has 0 aliphatic rings. The van der Waals surface area contributed by atoms with E-state index in [2.05, 4.69) is 10.9 Å². The van der Waals surface area contributed by atoms with Gasteiger partial charge in [0.2, 0.25) is 0 Å². The summed E-state index contributed by atoms with van der Waals surface area (Å²) in [5.74, 6) is -1.44. The van der Waals surface area contributed by atoms with Gasteiger partial charge in [0.1, 0.15) is 10.7 Å². The number of hydrazine groups is 1. The number of nitrogens with one attached hydrogen (secondary N) is 2. The first kappa shape index (κ1) is 16.2. The second-order valence-electron chi connectivity index (χ2n) is 4.22. The highest BCUT2D eigenvalue weighted by molar-refractivity contribution is 6.30. The number of carbonyl (C=O) groups excluding carboxylic acids is 2. The summed E-state index contributed by atoms with van der Waals surface area (Å²) in [6, 6.07) is 8.60. The monoisotopic (exact) mass is 335 g/mol. The molecule has 1 aromatic carbocycles. The number of furan rings is 1. The van der Waals surface area contributed by atoms with Gasteiger partial charge in [0, 0.05) is 16.7 Å². The quantitative estimate of drug-likeness (QED) is 0.505. The normalized spacial score (nSPS) is 10.5. The largest absolute Gasteiger partial charge is 0.433 e. The van der Waals surface area contributed by atoms with Gasteiger partial charge in [0.25, 0.3) is 11.8 Å². The Bertz CT molecular complexity index is 767. The molecule has 2 amide bonds. The summed E-state index contributed by atoms with van der Waals surface area (Å²) in [5, 5.41) is 10.9. The first-order chi connectivity index (χ1) is 11.0. The molecule has 118 valence electrons. The summed E-state index contributed by atoms with van der Waals surface area (Å²) < 4.78 is 4.84. The van der Waals surface area contributed by atoms with E-state index in [-0.39, 0.29) is 5.76 Å². The van der Waals surface area contributed by atoms with Crippen molar-refractivity contribution in [2.45, 2.75) is 0 Å². The number of benzene rings is 1. The Kier molecular flexibility index (Phi) is 5.11. The highest BCUT2D eigenvalue weighted by Crippen LogP contribution is 2.16. The van der Waals surface area contributed by atoms with Gasteiger partial charge in [0.05, 0.1) is 6.07 Å². The lowest BCUT2D eigenvalue weighted by atomic mass is 10.2. The van der Waals surface area contributed by atoms with Crippen molar-refractivity contribution >= 4 is 35.4 Å². The van der Waals surface area contributed by atoms with Crippen molar-refractivity contribution in [3.8, 4) is 0 Å². The summed E-state index contributed by atoms with van der Waals surface area (Å²) in [5.41, 5.74) is 4.69. The molecule has 0 fully saturated rings. The summed E-state index contributed by atoms with van der Waals surface area (Å²) in [4.78, 5) is 33.0. The van der Waals surface area contributed by atoms with Gasteiger partial charge in [-0.2, -0.15) is 0 Å². The molecule has 0 spiro atoms. The van der Waals surface area contributed by atoms with Crippen molar-refractivity contribution < 1.29 is 18.9 Å². The molecule has 0 radical (unpaired) electrons. The molecule has 2 rings (SSSR count). The van der Waals surface area contributed by atoms with E-state index in [9.17, 15) is 19.7 Å². The van der Waals surface area contributed by atoms with E-state index in [4.69, 9.17) is 16.0 Å². The highest BCUT2D eigenvalue weighted by atomic mass is 35.5. The molecule has 0 bridgehead atoms. The van der Waals surface area contributed by atoms with Gasteiger partial charge in [-0.1, -0.05) is 11.6 Å². The lowest BCUT2D eigenvalue weighted by Crippen LogP contribution is -2.40. The van der Waals surface area contributed by atoms with Gasteiger partial charge in [-0.15, -0.1) is 0 Å².